The summed E-state index contributed by atoms with van der Waals surface area (Å²) in [5, 5.41) is 0. The van der Waals surface area contributed by atoms with Gasteiger partial charge in [-0.2, -0.15) is 0 Å². The molecule has 1 unspecified atom stereocenters. The summed E-state index contributed by atoms with van der Waals surface area (Å²) in [7, 11) is 0. The standard InChI is InChI=1S/C26H34FN5O2/c1-18-29-22(15-23(28)30-18)25(3)9-4-12-32(17-25)24(34)26(10-13-31(14-11-26)19(2)33)16-20-5-7-21(27)8-6-20/h5-8,15H,4,9-14,16-17H2,1-3H3,(H2,28,29,30). The number of halogens is 1. The van der Waals surface area contributed by atoms with Gasteiger partial charge in [0.05, 0.1) is 11.1 Å². The minimum absolute atomic E-state index is 0.0325. The number of nitrogens with zero attached hydrogens (tertiary/aromatic N) is 4. The third-order valence-electron chi connectivity index (χ3n) is 7.54. The largest absolute Gasteiger partial charge is 0.384 e. The van der Waals surface area contributed by atoms with E-state index in [-0.39, 0.29) is 23.0 Å². The number of likely N-dealkylation sites (tertiary alicyclic amines) is 2. The first-order valence-electron chi connectivity index (χ1n) is 12.0. The molecule has 0 radical (unpaired) electrons. The van der Waals surface area contributed by atoms with Crippen LogP contribution in [0.25, 0.3) is 0 Å². The van der Waals surface area contributed by atoms with Crippen LogP contribution in [0.15, 0.2) is 30.3 Å². The van der Waals surface area contributed by atoms with Crippen molar-refractivity contribution in [1.82, 2.24) is 19.8 Å². The fraction of sp³-hybridized carbons (Fsp3) is 0.538. The number of piperidine rings is 2. The molecule has 0 bridgehead atoms. The van der Waals surface area contributed by atoms with Gasteiger partial charge in [0.15, 0.2) is 0 Å². The molecule has 1 aromatic carbocycles. The highest BCUT2D eigenvalue weighted by atomic mass is 19.1. The Hall–Kier alpha value is -3.03. The summed E-state index contributed by atoms with van der Waals surface area (Å²) in [6.45, 7) is 7.89. The fourth-order valence-corrected chi connectivity index (χ4v) is 5.57. The minimum Gasteiger partial charge on any atom is -0.384 e. The monoisotopic (exact) mass is 467 g/mol. The molecule has 3 heterocycles. The van der Waals surface area contributed by atoms with Crippen molar-refractivity contribution < 1.29 is 14.0 Å². The molecular weight excluding hydrogens is 433 g/mol. The zero-order valence-corrected chi connectivity index (χ0v) is 20.3. The second kappa shape index (κ2) is 9.31. The van der Waals surface area contributed by atoms with E-state index in [2.05, 4.69) is 16.9 Å². The first-order chi connectivity index (χ1) is 16.1. The topological polar surface area (TPSA) is 92.4 Å². The molecular formula is C26H34FN5O2. The number of anilines is 1. The molecule has 7 nitrogen and oxygen atoms in total. The van der Waals surface area contributed by atoms with Crippen LogP contribution in [0.5, 0.6) is 0 Å². The van der Waals surface area contributed by atoms with Crippen molar-refractivity contribution in [3.63, 3.8) is 0 Å². The van der Waals surface area contributed by atoms with Crippen molar-refractivity contribution in [3.05, 3.63) is 53.2 Å². The number of hydrogen-bond acceptors (Lipinski definition) is 5. The van der Waals surface area contributed by atoms with Crippen LogP contribution < -0.4 is 5.73 Å². The Bertz CT molecular complexity index is 1050. The van der Waals surface area contributed by atoms with Crippen LogP contribution in [0.3, 0.4) is 0 Å². The van der Waals surface area contributed by atoms with Crippen molar-refractivity contribution in [2.75, 3.05) is 31.9 Å². The zero-order chi connectivity index (χ0) is 24.5. The summed E-state index contributed by atoms with van der Waals surface area (Å²) >= 11 is 0. The van der Waals surface area contributed by atoms with E-state index in [1.807, 2.05) is 22.8 Å². The SMILES string of the molecule is CC(=O)N1CCC(Cc2ccc(F)cc2)(C(=O)N2CCCC(C)(c3cc(N)nc(C)n3)C2)CC1. The van der Waals surface area contributed by atoms with Gasteiger partial charge in [-0.1, -0.05) is 19.1 Å². The van der Waals surface area contributed by atoms with Gasteiger partial charge < -0.3 is 15.5 Å². The van der Waals surface area contributed by atoms with Crippen molar-refractivity contribution in [1.29, 1.82) is 0 Å². The normalized spacial score (nSPS) is 22.5. The molecule has 2 saturated heterocycles. The Kier molecular flexibility index (Phi) is 6.60. The zero-order valence-electron chi connectivity index (χ0n) is 20.3. The van der Waals surface area contributed by atoms with Gasteiger partial charge in [0.25, 0.3) is 0 Å². The third kappa shape index (κ3) is 4.91. The molecule has 2 aromatic rings. The smallest absolute Gasteiger partial charge is 0.229 e. The van der Waals surface area contributed by atoms with Gasteiger partial charge in [0.2, 0.25) is 11.8 Å². The van der Waals surface area contributed by atoms with Gasteiger partial charge in [0, 0.05) is 44.6 Å². The Balaban J connectivity index is 1.61. The van der Waals surface area contributed by atoms with Crippen molar-refractivity contribution >= 4 is 17.6 Å². The lowest BCUT2D eigenvalue weighted by atomic mass is 9.71. The summed E-state index contributed by atoms with van der Waals surface area (Å²) < 4.78 is 13.5. The molecule has 182 valence electrons. The number of nitrogen functional groups attached to an aromatic ring is 1. The van der Waals surface area contributed by atoms with Crippen molar-refractivity contribution in [3.8, 4) is 0 Å². The van der Waals surface area contributed by atoms with Crippen molar-refractivity contribution in [2.45, 2.75) is 58.3 Å². The molecule has 8 heteroatoms. The second-order valence-corrected chi connectivity index (χ2v) is 10.2. The lowest BCUT2D eigenvalue weighted by molar-refractivity contribution is -0.150. The Labute approximate surface area is 200 Å². The number of aromatic nitrogens is 2. The molecule has 2 amide bonds. The minimum atomic E-state index is -0.622. The Morgan fingerprint density at radius 2 is 1.74 bits per heavy atom. The number of rotatable bonds is 4. The maximum atomic E-state index is 14.2. The number of carbonyl (C=O) groups is 2. The van der Waals surface area contributed by atoms with Crippen LogP contribution in [-0.2, 0) is 21.4 Å². The number of hydrogen-bond donors (Lipinski definition) is 1. The molecule has 2 aliphatic heterocycles. The quantitative estimate of drug-likeness (QED) is 0.745. The van der Waals surface area contributed by atoms with Gasteiger partial charge in [-0.3, -0.25) is 9.59 Å². The highest BCUT2D eigenvalue weighted by Gasteiger charge is 2.46. The van der Waals surface area contributed by atoms with Gasteiger partial charge in [0.1, 0.15) is 17.5 Å². The number of aryl methyl sites for hydroxylation is 1. The van der Waals surface area contributed by atoms with E-state index in [1.165, 1.54) is 12.1 Å². The highest BCUT2D eigenvalue weighted by Crippen LogP contribution is 2.40. The molecule has 1 aromatic heterocycles. The van der Waals surface area contributed by atoms with E-state index >= 15 is 0 Å². The first-order valence-corrected chi connectivity index (χ1v) is 12.0. The molecule has 2 N–H and O–H groups in total. The number of amides is 2. The Morgan fingerprint density at radius 1 is 1.06 bits per heavy atom. The van der Waals surface area contributed by atoms with Crippen LogP contribution in [0.1, 0.15) is 56.6 Å². The number of nitrogens with two attached hydrogens (primary N) is 1. The second-order valence-electron chi connectivity index (χ2n) is 10.2. The van der Waals surface area contributed by atoms with E-state index in [4.69, 9.17) is 5.73 Å². The third-order valence-corrected chi connectivity index (χ3v) is 7.54. The highest BCUT2D eigenvalue weighted by molar-refractivity contribution is 5.84. The van der Waals surface area contributed by atoms with E-state index in [1.54, 1.807) is 19.1 Å². The predicted octanol–water partition coefficient (Wildman–Crippen LogP) is 3.26. The average Bonchev–Trinajstić information content (AvgIpc) is 2.80. The maximum absolute atomic E-state index is 14.2. The maximum Gasteiger partial charge on any atom is 0.229 e. The summed E-state index contributed by atoms with van der Waals surface area (Å²) in [6, 6.07) is 8.22. The molecule has 2 aliphatic rings. The molecule has 34 heavy (non-hydrogen) atoms. The van der Waals surface area contributed by atoms with Crippen LogP contribution in [0, 0.1) is 18.2 Å². The summed E-state index contributed by atoms with van der Waals surface area (Å²) in [6.07, 6.45) is 3.50. The van der Waals surface area contributed by atoms with Crippen LogP contribution in [0.2, 0.25) is 0 Å². The number of carbonyl (C=O) groups excluding carboxylic acids is 2. The Morgan fingerprint density at radius 3 is 2.35 bits per heavy atom. The molecule has 0 spiro atoms. The van der Waals surface area contributed by atoms with Gasteiger partial charge >= 0.3 is 0 Å². The summed E-state index contributed by atoms with van der Waals surface area (Å²) in [5.41, 5.74) is 6.87. The summed E-state index contributed by atoms with van der Waals surface area (Å²) in [5.74, 6) is 0.928. The lowest BCUT2D eigenvalue weighted by Crippen LogP contribution is -2.56. The molecule has 0 saturated carbocycles. The predicted molar refractivity (Wildman–Crippen MR) is 128 cm³/mol. The average molecular weight is 468 g/mol. The van der Waals surface area contributed by atoms with Gasteiger partial charge in [-0.25, -0.2) is 14.4 Å². The number of benzene rings is 1. The fourth-order valence-electron chi connectivity index (χ4n) is 5.57. The van der Waals surface area contributed by atoms with E-state index < -0.39 is 5.41 Å². The molecule has 2 fully saturated rings. The van der Waals surface area contributed by atoms with Crippen LogP contribution in [-0.4, -0.2) is 57.8 Å². The van der Waals surface area contributed by atoms with Crippen LogP contribution in [0.4, 0.5) is 10.2 Å². The molecule has 4 rings (SSSR count). The first kappa shape index (κ1) is 24.1. The van der Waals surface area contributed by atoms with Crippen molar-refractivity contribution in [2.24, 2.45) is 5.41 Å². The lowest BCUT2D eigenvalue weighted by Gasteiger charge is -2.47. The van der Waals surface area contributed by atoms with Gasteiger partial charge in [-0.15, -0.1) is 0 Å². The summed E-state index contributed by atoms with van der Waals surface area (Å²) in [4.78, 5) is 38.7. The van der Waals surface area contributed by atoms with E-state index in [9.17, 15) is 14.0 Å². The van der Waals surface area contributed by atoms with E-state index in [0.29, 0.717) is 57.1 Å². The molecule has 1 atom stereocenters. The van der Waals surface area contributed by atoms with E-state index in [0.717, 1.165) is 24.1 Å². The van der Waals surface area contributed by atoms with Gasteiger partial charge in [-0.05, 0) is 56.7 Å². The molecule has 0 aliphatic carbocycles. The van der Waals surface area contributed by atoms with Crippen LogP contribution >= 0.6 is 0 Å².